The van der Waals surface area contributed by atoms with Gasteiger partial charge in [0, 0.05) is 13.1 Å². The molecule has 1 unspecified atom stereocenters. The lowest BCUT2D eigenvalue weighted by Gasteiger charge is -2.27. The first-order chi connectivity index (χ1) is 16.2. The Morgan fingerprint density at radius 2 is 1.88 bits per heavy atom. The minimum atomic E-state index is -0.695. The Bertz CT molecular complexity index is 1280. The van der Waals surface area contributed by atoms with Crippen molar-refractivity contribution >= 4 is 16.9 Å². The van der Waals surface area contributed by atoms with Crippen molar-refractivity contribution in [1.29, 1.82) is 0 Å². The van der Waals surface area contributed by atoms with Crippen LogP contribution >= 0.6 is 0 Å². The monoisotopic (exact) mass is 468 g/mol. The molecule has 0 N–H and O–H groups in total. The highest BCUT2D eigenvalue weighted by Gasteiger charge is 2.42. The fourth-order valence-corrected chi connectivity index (χ4v) is 4.11. The van der Waals surface area contributed by atoms with Gasteiger partial charge in [-0.3, -0.25) is 9.59 Å². The number of hydrogen-bond acceptors (Lipinski definition) is 6. The first-order valence-electron chi connectivity index (χ1n) is 11.2. The third-order valence-electron chi connectivity index (χ3n) is 5.79. The fourth-order valence-electron chi connectivity index (χ4n) is 4.11. The fraction of sp³-hybridized carbons (Fsp3) is 0.385. The van der Waals surface area contributed by atoms with Crippen LogP contribution in [0.15, 0.2) is 45.6 Å². The Morgan fingerprint density at radius 1 is 1.12 bits per heavy atom. The number of rotatable bonds is 8. The highest BCUT2D eigenvalue weighted by molar-refractivity contribution is 5.99. The van der Waals surface area contributed by atoms with Gasteiger partial charge in [0.2, 0.25) is 5.76 Å². The van der Waals surface area contributed by atoms with Gasteiger partial charge in [0.05, 0.1) is 30.7 Å². The van der Waals surface area contributed by atoms with Crippen molar-refractivity contribution in [3.05, 3.63) is 69.3 Å². The Kier molecular flexibility index (Phi) is 6.61. The smallest absolute Gasteiger partial charge is 0.290 e. The van der Waals surface area contributed by atoms with E-state index in [9.17, 15) is 14.0 Å². The molecule has 0 aliphatic carbocycles. The summed E-state index contributed by atoms with van der Waals surface area (Å²) in [6.07, 6.45) is 0. The number of carbonyl (C=O) groups excluding carboxylic acids is 1. The number of amides is 1. The second kappa shape index (κ2) is 9.46. The van der Waals surface area contributed by atoms with Crippen molar-refractivity contribution in [1.82, 2.24) is 9.80 Å². The van der Waals surface area contributed by atoms with Crippen molar-refractivity contribution in [2.75, 3.05) is 40.9 Å². The van der Waals surface area contributed by atoms with E-state index in [4.69, 9.17) is 13.9 Å². The minimum absolute atomic E-state index is 0.00744. The predicted octanol–water partition coefficient (Wildman–Crippen LogP) is 4.08. The molecule has 1 amide bonds. The lowest BCUT2D eigenvalue weighted by Crippen LogP contribution is -2.35. The van der Waals surface area contributed by atoms with Crippen LogP contribution < -0.4 is 14.9 Å². The van der Waals surface area contributed by atoms with Gasteiger partial charge in [0.1, 0.15) is 11.4 Å². The second-order valence-electron chi connectivity index (χ2n) is 9.13. The lowest BCUT2D eigenvalue weighted by molar-refractivity contribution is 0.0716. The number of methoxy groups -OCH3 is 1. The lowest BCUT2D eigenvalue weighted by atomic mass is 9.98. The van der Waals surface area contributed by atoms with E-state index in [2.05, 4.69) is 13.8 Å². The molecule has 1 aliphatic heterocycles. The standard InChI is InChI=1S/C26H29FN2O5/c1-15(2)14-33-20-8-6-16(12-21(20)32-5)23-22-24(30)18-13-17(27)7-9-19(18)34-25(22)26(31)29(23)11-10-28(3)4/h6-9,12-13,15,23H,10-11,14H2,1-5H3. The summed E-state index contributed by atoms with van der Waals surface area (Å²) < 4.78 is 31.2. The first kappa shape index (κ1) is 23.8. The van der Waals surface area contributed by atoms with Crippen molar-refractivity contribution in [3.63, 3.8) is 0 Å². The Balaban J connectivity index is 1.87. The molecule has 2 heterocycles. The van der Waals surface area contributed by atoms with Gasteiger partial charge in [-0.15, -0.1) is 0 Å². The highest BCUT2D eigenvalue weighted by Crippen LogP contribution is 2.41. The van der Waals surface area contributed by atoms with Crippen LogP contribution in [0.5, 0.6) is 11.5 Å². The van der Waals surface area contributed by atoms with E-state index < -0.39 is 17.3 Å². The zero-order valence-corrected chi connectivity index (χ0v) is 20.1. The summed E-state index contributed by atoms with van der Waals surface area (Å²) in [7, 11) is 5.36. The van der Waals surface area contributed by atoms with Crippen LogP contribution in [0.1, 0.15) is 41.6 Å². The summed E-state index contributed by atoms with van der Waals surface area (Å²) >= 11 is 0. The summed E-state index contributed by atoms with van der Waals surface area (Å²) in [5.41, 5.74) is 0.657. The van der Waals surface area contributed by atoms with Gasteiger partial charge < -0.3 is 23.7 Å². The molecule has 7 nitrogen and oxygen atoms in total. The van der Waals surface area contributed by atoms with Gasteiger partial charge in [-0.05, 0) is 55.9 Å². The normalized spacial score (nSPS) is 15.5. The molecule has 0 spiro atoms. The van der Waals surface area contributed by atoms with Crippen LogP contribution in [0, 0.1) is 11.7 Å². The van der Waals surface area contributed by atoms with Crippen molar-refractivity contribution < 1.29 is 23.1 Å². The molecule has 1 atom stereocenters. The maximum absolute atomic E-state index is 13.9. The predicted molar refractivity (Wildman–Crippen MR) is 127 cm³/mol. The summed E-state index contributed by atoms with van der Waals surface area (Å²) in [5, 5.41) is 0.106. The van der Waals surface area contributed by atoms with E-state index in [1.165, 1.54) is 12.1 Å². The number of benzene rings is 2. The van der Waals surface area contributed by atoms with Gasteiger partial charge in [0.15, 0.2) is 16.9 Å². The minimum Gasteiger partial charge on any atom is -0.493 e. The van der Waals surface area contributed by atoms with Crippen molar-refractivity contribution in [2.24, 2.45) is 5.92 Å². The molecule has 180 valence electrons. The molecule has 3 aromatic rings. The van der Waals surface area contributed by atoms with Gasteiger partial charge in [-0.25, -0.2) is 4.39 Å². The number of hydrogen-bond donors (Lipinski definition) is 0. The van der Waals surface area contributed by atoms with Crippen LogP contribution in [0.25, 0.3) is 11.0 Å². The van der Waals surface area contributed by atoms with Crippen molar-refractivity contribution in [2.45, 2.75) is 19.9 Å². The molecule has 2 aromatic carbocycles. The quantitative estimate of drug-likeness (QED) is 0.496. The number of nitrogens with zero attached hydrogens (tertiary/aromatic N) is 2. The van der Waals surface area contributed by atoms with E-state index in [1.807, 2.05) is 25.1 Å². The van der Waals surface area contributed by atoms with E-state index in [0.29, 0.717) is 42.7 Å². The maximum atomic E-state index is 13.9. The molecule has 8 heteroatoms. The molecule has 34 heavy (non-hydrogen) atoms. The molecule has 0 fully saturated rings. The summed E-state index contributed by atoms with van der Waals surface area (Å²) in [6, 6.07) is 8.42. The van der Waals surface area contributed by atoms with Crippen LogP contribution in [0.2, 0.25) is 0 Å². The molecule has 1 aromatic heterocycles. The van der Waals surface area contributed by atoms with Crippen LogP contribution in [0.4, 0.5) is 4.39 Å². The first-order valence-corrected chi connectivity index (χ1v) is 11.2. The molecule has 1 aliphatic rings. The second-order valence-corrected chi connectivity index (χ2v) is 9.13. The van der Waals surface area contributed by atoms with E-state index in [-0.39, 0.29) is 28.2 Å². The largest absolute Gasteiger partial charge is 0.493 e. The topological polar surface area (TPSA) is 72.2 Å². The maximum Gasteiger partial charge on any atom is 0.290 e. The summed E-state index contributed by atoms with van der Waals surface area (Å²) in [6.45, 7) is 5.59. The number of ether oxygens (including phenoxy) is 2. The molecule has 0 bridgehead atoms. The van der Waals surface area contributed by atoms with Gasteiger partial charge in [-0.2, -0.15) is 0 Å². The number of fused-ring (bicyclic) bond motifs is 2. The van der Waals surface area contributed by atoms with E-state index in [0.717, 1.165) is 6.07 Å². The molecule has 0 saturated heterocycles. The number of halogens is 1. The average molecular weight is 469 g/mol. The van der Waals surface area contributed by atoms with Gasteiger partial charge in [0.25, 0.3) is 5.91 Å². The zero-order valence-electron chi connectivity index (χ0n) is 20.1. The SMILES string of the molecule is COc1cc(C2c3c(oc4ccc(F)cc4c3=O)C(=O)N2CCN(C)C)ccc1OCC(C)C. The van der Waals surface area contributed by atoms with Crippen molar-refractivity contribution in [3.8, 4) is 11.5 Å². The van der Waals surface area contributed by atoms with E-state index >= 15 is 0 Å². The zero-order chi connectivity index (χ0) is 24.6. The average Bonchev–Trinajstić information content (AvgIpc) is 3.08. The Labute approximate surface area is 197 Å². The summed E-state index contributed by atoms with van der Waals surface area (Å²) in [4.78, 5) is 30.5. The van der Waals surface area contributed by atoms with Gasteiger partial charge >= 0.3 is 0 Å². The van der Waals surface area contributed by atoms with Crippen LogP contribution in [0.3, 0.4) is 0 Å². The Morgan fingerprint density at radius 3 is 2.56 bits per heavy atom. The summed E-state index contributed by atoms with van der Waals surface area (Å²) in [5.74, 6) is 0.498. The van der Waals surface area contributed by atoms with Crippen LogP contribution in [-0.4, -0.2) is 56.6 Å². The van der Waals surface area contributed by atoms with E-state index in [1.54, 1.807) is 24.1 Å². The third kappa shape index (κ3) is 4.37. The molecular formula is C26H29FN2O5. The molecule has 4 rings (SSSR count). The number of carbonyl (C=O) groups is 1. The number of likely N-dealkylation sites (N-methyl/N-ethyl adjacent to an activating group) is 1. The molecule has 0 saturated carbocycles. The van der Waals surface area contributed by atoms with Crippen LogP contribution in [-0.2, 0) is 0 Å². The Hall–Kier alpha value is -3.39. The molecular weight excluding hydrogens is 439 g/mol. The highest BCUT2D eigenvalue weighted by atomic mass is 19.1. The molecule has 0 radical (unpaired) electrons. The third-order valence-corrected chi connectivity index (χ3v) is 5.79. The van der Waals surface area contributed by atoms with Gasteiger partial charge in [-0.1, -0.05) is 19.9 Å².